The Morgan fingerprint density at radius 2 is 1.81 bits per heavy atom. The summed E-state index contributed by atoms with van der Waals surface area (Å²) in [7, 11) is 2.51. The standard InChI is InChI=1S/C26H22F2N4O4/c1-4-21(33)31-16-7-14(10-29-12-16)18-8-17-15(11-30-18)13-32(25(34)26(17)5-6-26)24-22(27)19(35-2)9-20(36-3)23(24)28/h4,7-12H,1,5-6,13H2,2-3H3,(H,31,33). The second-order valence-electron chi connectivity index (χ2n) is 8.61. The first-order valence-corrected chi connectivity index (χ1v) is 11.1. The van der Waals surface area contributed by atoms with E-state index in [0.717, 1.165) is 22.6 Å². The van der Waals surface area contributed by atoms with Gasteiger partial charge in [0.15, 0.2) is 23.1 Å². The molecular weight excluding hydrogens is 470 g/mol. The van der Waals surface area contributed by atoms with Crippen molar-refractivity contribution in [2.45, 2.75) is 24.8 Å². The van der Waals surface area contributed by atoms with E-state index in [4.69, 9.17) is 9.47 Å². The van der Waals surface area contributed by atoms with Gasteiger partial charge in [-0.15, -0.1) is 0 Å². The number of rotatable bonds is 6. The lowest BCUT2D eigenvalue weighted by Crippen LogP contribution is -2.45. The molecule has 1 saturated carbocycles. The molecule has 1 fully saturated rings. The van der Waals surface area contributed by atoms with Gasteiger partial charge in [0.25, 0.3) is 0 Å². The number of halogens is 2. The predicted molar refractivity (Wildman–Crippen MR) is 128 cm³/mol. The van der Waals surface area contributed by atoms with Crippen molar-refractivity contribution in [1.82, 2.24) is 9.97 Å². The summed E-state index contributed by atoms with van der Waals surface area (Å²) in [5.41, 5.74) is 1.71. The maximum Gasteiger partial charge on any atom is 0.247 e. The molecule has 3 heterocycles. The summed E-state index contributed by atoms with van der Waals surface area (Å²) in [5.74, 6) is -3.17. The van der Waals surface area contributed by atoms with Gasteiger partial charge in [-0.2, -0.15) is 0 Å². The van der Waals surface area contributed by atoms with Crippen LogP contribution in [0.3, 0.4) is 0 Å². The molecule has 1 N–H and O–H groups in total. The fourth-order valence-electron chi connectivity index (χ4n) is 4.57. The number of carbonyl (C=O) groups is 2. The third kappa shape index (κ3) is 3.65. The normalized spacial score (nSPS) is 15.3. The van der Waals surface area contributed by atoms with Gasteiger partial charge in [0.1, 0.15) is 5.69 Å². The van der Waals surface area contributed by atoms with E-state index in [2.05, 4.69) is 21.9 Å². The minimum absolute atomic E-state index is 0.0684. The zero-order valence-electron chi connectivity index (χ0n) is 19.6. The third-order valence-electron chi connectivity index (χ3n) is 6.54. The van der Waals surface area contributed by atoms with Crippen molar-refractivity contribution in [3.8, 4) is 22.8 Å². The maximum atomic E-state index is 15.2. The van der Waals surface area contributed by atoms with Crippen LogP contribution < -0.4 is 19.7 Å². The summed E-state index contributed by atoms with van der Waals surface area (Å²) >= 11 is 0. The predicted octanol–water partition coefficient (Wildman–Crippen LogP) is 4.14. The quantitative estimate of drug-likeness (QED) is 0.520. The molecule has 0 atom stereocenters. The van der Waals surface area contributed by atoms with Crippen LogP contribution in [-0.4, -0.2) is 36.0 Å². The zero-order chi connectivity index (χ0) is 25.6. The van der Waals surface area contributed by atoms with Crippen molar-refractivity contribution in [3.63, 3.8) is 0 Å². The fourth-order valence-corrected chi connectivity index (χ4v) is 4.57. The van der Waals surface area contributed by atoms with Crippen LogP contribution in [0, 0.1) is 11.6 Å². The molecule has 1 aromatic carbocycles. The summed E-state index contributed by atoms with van der Waals surface area (Å²) in [6.45, 7) is 3.36. The van der Waals surface area contributed by atoms with E-state index in [0.29, 0.717) is 35.3 Å². The van der Waals surface area contributed by atoms with Gasteiger partial charge in [0.05, 0.1) is 43.8 Å². The topological polar surface area (TPSA) is 93.7 Å². The van der Waals surface area contributed by atoms with E-state index in [9.17, 15) is 9.59 Å². The molecular formula is C26H22F2N4O4. The Morgan fingerprint density at radius 1 is 1.11 bits per heavy atom. The monoisotopic (exact) mass is 492 g/mol. The highest BCUT2D eigenvalue weighted by atomic mass is 19.1. The second-order valence-corrected chi connectivity index (χ2v) is 8.61. The molecule has 1 spiro atoms. The zero-order valence-corrected chi connectivity index (χ0v) is 19.6. The number of anilines is 2. The molecule has 0 radical (unpaired) electrons. The van der Waals surface area contributed by atoms with Gasteiger partial charge >= 0.3 is 0 Å². The number of nitrogens with zero attached hydrogens (tertiary/aromatic N) is 3. The van der Waals surface area contributed by atoms with Gasteiger partial charge in [-0.25, -0.2) is 8.78 Å². The van der Waals surface area contributed by atoms with Crippen molar-refractivity contribution in [3.05, 3.63) is 72.2 Å². The Hall–Kier alpha value is -4.34. The molecule has 1 aliphatic carbocycles. The van der Waals surface area contributed by atoms with Crippen molar-refractivity contribution < 1.29 is 27.8 Å². The number of hydrogen-bond donors (Lipinski definition) is 1. The minimum atomic E-state index is -0.975. The van der Waals surface area contributed by atoms with Crippen molar-refractivity contribution in [2.24, 2.45) is 0 Å². The summed E-state index contributed by atoms with van der Waals surface area (Å²) in [4.78, 5) is 35.1. The highest BCUT2D eigenvalue weighted by Crippen LogP contribution is 2.55. The Kier molecular flexibility index (Phi) is 5.66. The first-order chi connectivity index (χ1) is 17.3. The van der Waals surface area contributed by atoms with E-state index in [1.54, 1.807) is 18.5 Å². The lowest BCUT2D eigenvalue weighted by Gasteiger charge is -2.35. The molecule has 10 heteroatoms. The molecule has 36 heavy (non-hydrogen) atoms. The van der Waals surface area contributed by atoms with Crippen LogP contribution in [0.5, 0.6) is 11.5 Å². The Bertz CT molecular complexity index is 1390. The van der Waals surface area contributed by atoms with Crippen molar-refractivity contribution in [1.29, 1.82) is 0 Å². The van der Waals surface area contributed by atoms with Crippen molar-refractivity contribution in [2.75, 3.05) is 24.4 Å². The molecule has 3 aromatic rings. The number of methoxy groups -OCH3 is 2. The Balaban J connectivity index is 1.56. The SMILES string of the molecule is C=CC(=O)Nc1cncc(-c2cc3c(cn2)CN(c2c(F)c(OC)cc(OC)c2F)C(=O)C32CC2)c1. The van der Waals surface area contributed by atoms with E-state index in [-0.39, 0.29) is 24.0 Å². The van der Waals surface area contributed by atoms with Gasteiger partial charge in [0, 0.05) is 24.0 Å². The van der Waals surface area contributed by atoms with E-state index < -0.39 is 28.6 Å². The smallest absolute Gasteiger partial charge is 0.247 e. The maximum absolute atomic E-state index is 15.2. The average molecular weight is 492 g/mol. The van der Waals surface area contributed by atoms with Gasteiger partial charge in [-0.3, -0.25) is 19.6 Å². The molecule has 2 aromatic heterocycles. The minimum Gasteiger partial charge on any atom is -0.493 e. The summed E-state index contributed by atoms with van der Waals surface area (Å²) in [5, 5.41) is 2.65. The number of pyridine rings is 2. The number of ether oxygens (including phenoxy) is 2. The summed E-state index contributed by atoms with van der Waals surface area (Å²) in [6, 6.07) is 4.64. The van der Waals surface area contributed by atoms with Crippen LogP contribution in [-0.2, 0) is 21.5 Å². The van der Waals surface area contributed by atoms with Gasteiger partial charge in [-0.05, 0) is 42.2 Å². The Labute approximate surface area is 205 Å². The summed E-state index contributed by atoms with van der Waals surface area (Å²) < 4.78 is 40.5. The fraction of sp³-hybridized carbons (Fsp3) is 0.231. The number of benzene rings is 1. The first kappa shape index (κ1) is 23.4. The van der Waals surface area contributed by atoms with E-state index in [1.807, 2.05) is 6.07 Å². The number of carbonyl (C=O) groups excluding carboxylic acids is 2. The van der Waals surface area contributed by atoms with Crippen LogP contribution in [0.2, 0.25) is 0 Å². The molecule has 5 rings (SSSR count). The lowest BCUT2D eigenvalue weighted by atomic mass is 9.86. The Morgan fingerprint density at radius 3 is 2.42 bits per heavy atom. The molecule has 184 valence electrons. The van der Waals surface area contributed by atoms with Gasteiger partial charge < -0.3 is 19.7 Å². The number of aromatic nitrogens is 2. The molecule has 0 bridgehead atoms. The largest absolute Gasteiger partial charge is 0.493 e. The van der Waals surface area contributed by atoms with Crippen LogP contribution >= 0.6 is 0 Å². The molecule has 0 unspecified atom stereocenters. The molecule has 2 aliphatic rings. The van der Waals surface area contributed by atoms with Crippen LogP contribution in [0.4, 0.5) is 20.2 Å². The molecule has 8 nitrogen and oxygen atoms in total. The molecule has 1 aliphatic heterocycles. The van der Waals surface area contributed by atoms with Crippen LogP contribution in [0.25, 0.3) is 11.3 Å². The third-order valence-corrected chi connectivity index (χ3v) is 6.54. The van der Waals surface area contributed by atoms with Gasteiger partial charge in [0.2, 0.25) is 11.8 Å². The molecule has 2 amide bonds. The number of amides is 2. The van der Waals surface area contributed by atoms with E-state index >= 15 is 8.78 Å². The highest BCUT2D eigenvalue weighted by molar-refractivity contribution is 6.05. The number of nitrogens with one attached hydrogen (secondary N) is 1. The summed E-state index contributed by atoms with van der Waals surface area (Å²) in [6.07, 6.45) is 6.93. The second kappa shape index (κ2) is 8.71. The first-order valence-electron chi connectivity index (χ1n) is 11.1. The lowest BCUT2D eigenvalue weighted by molar-refractivity contribution is -0.121. The average Bonchev–Trinajstić information content (AvgIpc) is 3.69. The van der Waals surface area contributed by atoms with Crippen molar-refractivity contribution >= 4 is 23.2 Å². The van der Waals surface area contributed by atoms with Gasteiger partial charge in [-0.1, -0.05) is 6.58 Å². The van der Waals surface area contributed by atoms with Crippen LogP contribution in [0.1, 0.15) is 24.0 Å². The molecule has 0 saturated heterocycles. The van der Waals surface area contributed by atoms with Crippen LogP contribution in [0.15, 0.2) is 49.4 Å². The number of hydrogen-bond acceptors (Lipinski definition) is 6. The number of fused-ring (bicyclic) bond motifs is 2. The highest BCUT2D eigenvalue weighted by Gasteiger charge is 2.57. The van der Waals surface area contributed by atoms with E-state index in [1.165, 1.54) is 20.4 Å².